The number of para-hydroxylation sites is 1. The summed E-state index contributed by atoms with van der Waals surface area (Å²) in [4.78, 5) is 16.8. The number of amides is 1. The molecule has 0 radical (unpaired) electrons. The summed E-state index contributed by atoms with van der Waals surface area (Å²) < 4.78 is 16.6. The van der Waals surface area contributed by atoms with E-state index in [2.05, 4.69) is 15.5 Å². The summed E-state index contributed by atoms with van der Waals surface area (Å²) in [6, 6.07) is 11.2. The molecule has 1 aromatic heterocycles. The monoisotopic (exact) mass is 405 g/mol. The summed E-state index contributed by atoms with van der Waals surface area (Å²) in [6.07, 6.45) is 4.20. The van der Waals surface area contributed by atoms with Crippen LogP contribution in [0.4, 0.5) is 5.69 Å². The lowest BCUT2D eigenvalue weighted by Gasteiger charge is -2.10. The van der Waals surface area contributed by atoms with E-state index in [-0.39, 0.29) is 12.0 Å². The van der Waals surface area contributed by atoms with Gasteiger partial charge in [-0.15, -0.1) is 0 Å². The third kappa shape index (κ3) is 4.20. The van der Waals surface area contributed by atoms with Gasteiger partial charge in [-0.3, -0.25) is 4.79 Å². The van der Waals surface area contributed by atoms with Gasteiger partial charge in [-0.1, -0.05) is 17.3 Å². The van der Waals surface area contributed by atoms with Crippen LogP contribution in [-0.2, 0) is 11.2 Å². The number of anilines is 1. The Morgan fingerprint density at radius 3 is 2.93 bits per heavy atom. The van der Waals surface area contributed by atoms with Gasteiger partial charge >= 0.3 is 0 Å². The van der Waals surface area contributed by atoms with E-state index in [4.69, 9.17) is 14.0 Å². The van der Waals surface area contributed by atoms with Crippen LogP contribution < -0.4 is 14.8 Å². The highest BCUT2D eigenvalue weighted by Crippen LogP contribution is 2.35. The number of fused-ring (bicyclic) bond motifs is 1. The molecule has 1 N–H and O–H groups in total. The van der Waals surface area contributed by atoms with Gasteiger partial charge in [-0.05, 0) is 44.2 Å². The molecule has 1 aliphatic heterocycles. The molecule has 4 rings (SSSR count). The average molecular weight is 405 g/mol. The van der Waals surface area contributed by atoms with E-state index in [1.807, 2.05) is 44.2 Å². The zero-order valence-electron chi connectivity index (χ0n) is 17.1. The second kappa shape index (κ2) is 8.41. The number of nitrogens with one attached hydrogen (secondary N) is 1. The number of hydrogen-bond donors (Lipinski definition) is 1. The van der Waals surface area contributed by atoms with Crippen LogP contribution in [0.5, 0.6) is 11.5 Å². The lowest BCUT2D eigenvalue weighted by atomic mass is 10.1. The van der Waals surface area contributed by atoms with Gasteiger partial charge in [0.15, 0.2) is 0 Å². The van der Waals surface area contributed by atoms with Crippen molar-refractivity contribution in [3.05, 3.63) is 59.5 Å². The maximum atomic E-state index is 12.6. The van der Waals surface area contributed by atoms with Crippen molar-refractivity contribution >= 4 is 17.7 Å². The first-order valence-electron chi connectivity index (χ1n) is 9.88. The van der Waals surface area contributed by atoms with Crippen molar-refractivity contribution in [3.8, 4) is 22.9 Å². The smallest absolute Gasteiger partial charge is 0.248 e. The first-order valence-corrected chi connectivity index (χ1v) is 9.88. The summed E-state index contributed by atoms with van der Waals surface area (Å²) in [5.41, 5.74) is 3.20. The van der Waals surface area contributed by atoms with Crippen molar-refractivity contribution in [1.82, 2.24) is 10.1 Å². The van der Waals surface area contributed by atoms with Crippen LogP contribution in [0.3, 0.4) is 0 Å². The van der Waals surface area contributed by atoms with E-state index >= 15 is 0 Å². The molecule has 0 aliphatic carbocycles. The Morgan fingerprint density at radius 1 is 1.33 bits per heavy atom. The summed E-state index contributed by atoms with van der Waals surface area (Å²) in [6.45, 7) is 6.23. The van der Waals surface area contributed by atoms with E-state index in [0.29, 0.717) is 29.6 Å². The van der Waals surface area contributed by atoms with Gasteiger partial charge in [0.1, 0.15) is 17.6 Å². The molecular formula is C23H23N3O4. The number of carbonyl (C=O) groups excluding carboxylic acids is 1. The fourth-order valence-corrected chi connectivity index (χ4v) is 3.40. The van der Waals surface area contributed by atoms with Crippen LogP contribution in [0.2, 0.25) is 0 Å². The highest BCUT2D eigenvalue weighted by molar-refractivity contribution is 6.04. The SMILES string of the molecule is CCOc1cc2c(cc1/C=C/C(=O)Nc1ccccc1-c1noc(C)n1)OC(C)C2. The normalized spacial score (nSPS) is 15.1. The molecular weight excluding hydrogens is 382 g/mol. The molecule has 2 aromatic carbocycles. The molecule has 1 unspecified atom stereocenters. The number of benzene rings is 2. The fraction of sp³-hybridized carbons (Fsp3) is 0.261. The Hall–Kier alpha value is -3.61. The number of ether oxygens (including phenoxy) is 2. The van der Waals surface area contributed by atoms with E-state index in [9.17, 15) is 4.79 Å². The molecule has 154 valence electrons. The van der Waals surface area contributed by atoms with Gasteiger partial charge < -0.3 is 19.3 Å². The third-order valence-electron chi connectivity index (χ3n) is 4.70. The highest BCUT2D eigenvalue weighted by Gasteiger charge is 2.21. The summed E-state index contributed by atoms with van der Waals surface area (Å²) in [7, 11) is 0. The molecule has 0 spiro atoms. The van der Waals surface area contributed by atoms with Crippen LogP contribution in [-0.4, -0.2) is 28.8 Å². The second-order valence-corrected chi connectivity index (χ2v) is 7.07. The number of rotatable bonds is 6. The predicted molar refractivity (Wildman–Crippen MR) is 114 cm³/mol. The van der Waals surface area contributed by atoms with Crippen LogP contribution in [0, 0.1) is 6.92 Å². The molecule has 0 bridgehead atoms. The number of aryl methyl sites for hydroxylation is 1. The van der Waals surface area contributed by atoms with Crippen molar-refractivity contribution in [3.63, 3.8) is 0 Å². The Labute approximate surface area is 174 Å². The molecule has 30 heavy (non-hydrogen) atoms. The van der Waals surface area contributed by atoms with Gasteiger partial charge in [0.25, 0.3) is 0 Å². The largest absolute Gasteiger partial charge is 0.493 e. The third-order valence-corrected chi connectivity index (χ3v) is 4.70. The maximum absolute atomic E-state index is 12.6. The Morgan fingerprint density at radius 2 is 2.17 bits per heavy atom. The first kappa shape index (κ1) is 19.7. The van der Waals surface area contributed by atoms with Gasteiger partial charge in [0.2, 0.25) is 17.6 Å². The summed E-state index contributed by atoms with van der Waals surface area (Å²) >= 11 is 0. The Balaban J connectivity index is 1.55. The maximum Gasteiger partial charge on any atom is 0.248 e. The summed E-state index contributed by atoms with van der Waals surface area (Å²) in [5, 5.41) is 6.81. The molecule has 1 atom stereocenters. The van der Waals surface area contributed by atoms with Crippen molar-refractivity contribution < 1.29 is 18.8 Å². The van der Waals surface area contributed by atoms with Crippen molar-refractivity contribution in [1.29, 1.82) is 0 Å². The van der Waals surface area contributed by atoms with Crippen molar-refractivity contribution in [2.45, 2.75) is 33.3 Å². The first-order chi connectivity index (χ1) is 14.5. The van der Waals surface area contributed by atoms with E-state index in [0.717, 1.165) is 29.0 Å². The molecule has 7 heteroatoms. The van der Waals surface area contributed by atoms with E-state index in [1.165, 1.54) is 6.08 Å². The van der Waals surface area contributed by atoms with Crippen LogP contribution in [0.15, 0.2) is 47.0 Å². The number of nitrogens with zero attached hydrogens (tertiary/aromatic N) is 2. The van der Waals surface area contributed by atoms with Gasteiger partial charge in [0.05, 0.1) is 12.3 Å². The number of hydrogen-bond acceptors (Lipinski definition) is 6. The molecule has 2 heterocycles. The number of aromatic nitrogens is 2. The van der Waals surface area contributed by atoms with Crippen LogP contribution >= 0.6 is 0 Å². The highest BCUT2D eigenvalue weighted by atomic mass is 16.5. The minimum atomic E-state index is -0.278. The van der Waals surface area contributed by atoms with Crippen LogP contribution in [0.25, 0.3) is 17.5 Å². The van der Waals surface area contributed by atoms with E-state index < -0.39 is 0 Å². The van der Waals surface area contributed by atoms with E-state index in [1.54, 1.807) is 19.1 Å². The Bertz CT molecular complexity index is 1100. The van der Waals surface area contributed by atoms with Gasteiger partial charge in [-0.2, -0.15) is 4.98 Å². The quantitative estimate of drug-likeness (QED) is 0.611. The zero-order chi connectivity index (χ0) is 21.1. The molecule has 1 aliphatic rings. The van der Waals surface area contributed by atoms with Gasteiger partial charge in [0, 0.05) is 36.1 Å². The lowest BCUT2D eigenvalue weighted by Crippen LogP contribution is -2.09. The summed E-state index contributed by atoms with van der Waals surface area (Å²) in [5.74, 6) is 2.18. The number of carbonyl (C=O) groups is 1. The lowest BCUT2D eigenvalue weighted by molar-refractivity contribution is -0.111. The van der Waals surface area contributed by atoms with Crippen molar-refractivity contribution in [2.24, 2.45) is 0 Å². The minimum Gasteiger partial charge on any atom is -0.493 e. The molecule has 0 fully saturated rings. The minimum absolute atomic E-state index is 0.141. The molecule has 1 amide bonds. The van der Waals surface area contributed by atoms with Gasteiger partial charge in [-0.25, -0.2) is 0 Å². The molecule has 0 saturated carbocycles. The topological polar surface area (TPSA) is 86.5 Å². The second-order valence-electron chi connectivity index (χ2n) is 7.07. The fourth-order valence-electron chi connectivity index (χ4n) is 3.40. The molecule has 0 saturated heterocycles. The standard InChI is InChI=1S/C23H23N3O4/c1-4-28-20-13-17-11-14(2)29-21(17)12-16(20)9-10-22(27)25-19-8-6-5-7-18(19)23-24-15(3)30-26-23/h5-10,12-14H,4,11H2,1-3H3,(H,25,27)/b10-9+. The Kier molecular flexibility index (Phi) is 5.52. The average Bonchev–Trinajstić information content (AvgIpc) is 3.31. The van der Waals surface area contributed by atoms with Crippen LogP contribution in [0.1, 0.15) is 30.9 Å². The zero-order valence-corrected chi connectivity index (χ0v) is 17.1. The predicted octanol–water partition coefficient (Wildman–Crippen LogP) is 4.42. The molecule has 7 nitrogen and oxygen atoms in total. The van der Waals surface area contributed by atoms with Crippen molar-refractivity contribution in [2.75, 3.05) is 11.9 Å². The molecule has 3 aromatic rings.